The first kappa shape index (κ1) is 14.2. The van der Waals surface area contributed by atoms with E-state index in [1.54, 1.807) is 0 Å². The molecule has 2 nitrogen and oxygen atoms in total. The van der Waals surface area contributed by atoms with Gasteiger partial charge in [-0.1, -0.05) is 49.4 Å². The van der Waals surface area contributed by atoms with E-state index in [4.69, 9.17) is 0 Å². The summed E-state index contributed by atoms with van der Waals surface area (Å²) in [4.78, 5) is 2.51. The Balaban J connectivity index is 1.78. The number of nitrogens with zero attached hydrogens (tertiary/aromatic N) is 1. The molecule has 3 rings (SSSR count). The van der Waals surface area contributed by atoms with Crippen LogP contribution in [0, 0.1) is 0 Å². The van der Waals surface area contributed by atoms with Gasteiger partial charge in [0.2, 0.25) is 0 Å². The van der Waals surface area contributed by atoms with Gasteiger partial charge in [0.1, 0.15) is 0 Å². The van der Waals surface area contributed by atoms with Gasteiger partial charge in [0.25, 0.3) is 0 Å². The predicted molar refractivity (Wildman–Crippen MR) is 89.8 cm³/mol. The fourth-order valence-corrected chi connectivity index (χ4v) is 3.01. The Hall–Kier alpha value is -1.80. The van der Waals surface area contributed by atoms with Crippen molar-refractivity contribution in [2.75, 3.05) is 24.5 Å². The van der Waals surface area contributed by atoms with E-state index in [-0.39, 0.29) is 0 Å². The third-order valence-electron chi connectivity index (χ3n) is 4.31. The molecule has 0 aliphatic carbocycles. The molecule has 0 radical (unpaired) electrons. The average molecular weight is 280 g/mol. The molecule has 0 saturated carbocycles. The summed E-state index contributed by atoms with van der Waals surface area (Å²) in [6.45, 7) is 5.46. The van der Waals surface area contributed by atoms with Gasteiger partial charge in [0, 0.05) is 24.8 Å². The Kier molecular flexibility index (Phi) is 4.56. The van der Waals surface area contributed by atoms with Gasteiger partial charge >= 0.3 is 0 Å². The molecule has 0 amide bonds. The monoisotopic (exact) mass is 280 g/mol. The summed E-state index contributed by atoms with van der Waals surface area (Å²) in [7, 11) is 0. The van der Waals surface area contributed by atoms with Crippen LogP contribution >= 0.6 is 0 Å². The first-order valence-electron chi connectivity index (χ1n) is 7.99. The highest BCUT2D eigenvalue weighted by atomic mass is 15.2. The van der Waals surface area contributed by atoms with E-state index < -0.39 is 0 Å². The quantitative estimate of drug-likeness (QED) is 0.920. The SMILES string of the molecule is CCc1ccc(N2CCCNC(c3ccccc3)C2)cc1. The third kappa shape index (κ3) is 3.45. The second kappa shape index (κ2) is 6.77. The second-order valence-corrected chi connectivity index (χ2v) is 5.74. The minimum absolute atomic E-state index is 0.416. The molecule has 0 spiro atoms. The Morgan fingerprint density at radius 3 is 2.52 bits per heavy atom. The molecular weight excluding hydrogens is 256 g/mol. The Morgan fingerprint density at radius 2 is 1.81 bits per heavy atom. The lowest BCUT2D eigenvalue weighted by Crippen LogP contribution is -2.31. The number of rotatable bonds is 3. The van der Waals surface area contributed by atoms with E-state index >= 15 is 0 Å². The van der Waals surface area contributed by atoms with Gasteiger partial charge in [-0.15, -0.1) is 0 Å². The molecule has 1 saturated heterocycles. The summed E-state index contributed by atoms with van der Waals surface area (Å²) < 4.78 is 0. The van der Waals surface area contributed by atoms with Crippen molar-refractivity contribution in [1.29, 1.82) is 0 Å². The van der Waals surface area contributed by atoms with Crippen LogP contribution in [0.1, 0.15) is 30.5 Å². The van der Waals surface area contributed by atoms with Crippen LogP contribution in [0.5, 0.6) is 0 Å². The van der Waals surface area contributed by atoms with Crippen molar-refractivity contribution in [3.8, 4) is 0 Å². The van der Waals surface area contributed by atoms with E-state index in [0.29, 0.717) is 6.04 Å². The molecule has 2 aromatic rings. The van der Waals surface area contributed by atoms with Crippen LogP contribution in [-0.2, 0) is 6.42 Å². The first-order valence-corrected chi connectivity index (χ1v) is 7.99. The number of anilines is 1. The maximum atomic E-state index is 3.68. The Labute approximate surface area is 127 Å². The fourth-order valence-electron chi connectivity index (χ4n) is 3.01. The van der Waals surface area contributed by atoms with Crippen LogP contribution in [-0.4, -0.2) is 19.6 Å². The minimum atomic E-state index is 0.416. The van der Waals surface area contributed by atoms with Gasteiger partial charge in [-0.3, -0.25) is 0 Å². The van der Waals surface area contributed by atoms with Crippen LogP contribution in [0.2, 0.25) is 0 Å². The summed E-state index contributed by atoms with van der Waals surface area (Å²) in [5.74, 6) is 0. The van der Waals surface area contributed by atoms with E-state index in [9.17, 15) is 0 Å². The van der Waals surface area contributed by atoms with Crippen molar-refractivity contribution in [3.05, 3.63) is 65.7 Å². The summed E-state index contributed by atoms with van der Waals surface area (Å²) in [6, 6.07) is 20.3. The maximum absolute atomic E-state index is 3.68. The standard InChI is InChI=1S/C19H24N2/c1-2-16-9-11-18(12-10-16)21-14-6-13-20-19(15-21)17-7-4-3-5-8-17/h3-5,7-12,19-20H,2,6,13-15H2,1H3. The molecule has 110 valence electrons. The van der Waals surface area contributed by atoms with Crippen LogP contribution in [0.3, 0.4) is 0 Å². The van der Waals surface area contributed by atoms with E-state index in [0.717, 1.165) is 26.1 Å². The van der Waals surface area contributed by atoms with Crippen molar-refractivity contribution in [3.63, 3.8) is 0 Å². The zero-order valence-electron chi connectivity index (χ0n) is 12.8. The van der Waals surface area contributed by atoms with Crippen molar-refractivity contribution in [1.82, 2.24) is 5.32 Å². The first-order chi connectivity index (χ1) is 10.4. The highest BCUT2D eigenvalue weighted by molar-refractivity contribution is 5.48. The second-order valence-electron chi connectivity index (χ2n) is 5.74. The molecule has 2 aromatic carbocycles. The lowest BCUT2D eigenvalue weighted by molar-refractivity contribution is 0.570. The van der Waals surface area contributed by atoms with Gasteiger partial charge in [-0.2, -0.15) is 0 Å². The smallest absolute Gasteiger partial charge is 0.0498 e. The number of nitrogens with one attached hydrogen (secondary N) is 1. The van der Waals surface area contributed by atoms with Crippen LogP contribution in [0.25, 0.3) is 0 Å². The molecule has 21 heavy (non-hydrogen) atoms. The maximum Gasteiger partial charge on any atom is 0.0498 e. The topological polar surface area (TPSA) is 15.3 Å². The minimum Gasteiger partial charge on any atom is -0.370 e. The van der Waals surface area contributed by atoms with E-state index in [2.05, 4.69) is 71.7 Å². The third-order valence-corrected chi connectivity index (χ3v) is 4.31. The predicted octanol–water partition coefficient (Wildman–Crippen LogP) is 3.79. The summed E-state index contributed by atoms with van der Waals surface area (Å²) in [5, 5.41) is 3.68. The van der Waals surface area contributed by atoms with Gasteiger partial charge in [0.05, 0.1) is 0 Å². The normalized spacial score (nSPS) is 19.3. The van der Waals surface area contributed by atoms with Gasteiger partial charge < -0.3 is 10.2 Å². The molecule has 0 aromatic heterocycles. The Morgan fingerprint density at radius 1 is 1.05 bits per heavy atom. The lowest BCUT2D eigenvalue weighted by Gasteiger charge is -2.27. The number of hydrogen-bond donors (Lipinski definition) is 1. The van der Waals surface area contributed by atoms with Gasteiger partial charge in [-0.25, -0.2) is 0 Å². The van der Waals surface area contributed by atoms with Crippen LogP contribution in [0.4, 0.5) is 5.69 Å². The van der Waals surface area contributed by atoms with Gasteiger partial charge in [-0.05, 0) is 42.6 Å². The Bertz CT molecular complexity index is 548. The molecule has 1 aliphatic heterocycles. The largest absolute Gasteiger partial charge is 0.370 e. The van der Waals surface area contributed by atoms with Crippen molar-refractivity contribution in [2.24, 2.45) is 0 Å². The van der Waals surface area contributed by atoms with Crippen LogP contribution in [0.15, 0.2) is 54.6 Å². The molecule has 1 atom stereocenters. The fraction of sp³-hybridized carbons (Fsp3) is 0.368. The summed E-state index contributed by atoms with van der Waals surface area (Å²) in [5.41, 5.74) is 4.14. The number of benzene rings is 2. The van der Waals surface area contributed by atoms with E-state index in [1.807, 2.05) is 0 Å². The van der Waals surface area contributed by atoms with Crippen LogP contribution < -0.4 is 10.2 Å². The number of aryl methyl sites for hydroxylation is 1. The molecule has 2 heteroatoms. The molecule has 1 heterocycles. The molecule has 1 unspecified atom stereocenters. The van der Waals surface area contributed by atoms with Gasteiger partial charge in [0.15, 0.2) is 0 Å². The highest BCUT2D eigenvalue weighted by Gasteiger charge is 2.19. The molecule has 1 aliphatic rings. The summed E-state index contributed by atoms with van der Waals surface area (Å²) >= 11 is 0. The van der Waals surface area contributed by atoms with E-state index in [1.165, 1.54) is 23.2 Å². The molecular formula is C19H24N2. The summed E-state index contributed by atoms with van der Waals surface area (Å²) in [6.07, 6.45) is 2.30. The highest BCUT2D eigenvalue weighted by Crippen LogP contribution is 2.22. The zero-order chi connectivity index (χ0) is 14.5. The van der Waals surface area contributed by atoms with Crippen molar-refractivity contribution < 1.29 is 0 Å². The van der Waals surface area contributed by atoms with Crippen molar-refractivity contribution in [2.45, 2.75) is 25.8 Å². The zero-order valence-corrected chi connectivity index (χ0v) is 12.8. The number of hydrogen-bond acceptors (Lipinski definition) is 2. The average Bonchev–Trinajstić information content (AvgIpc) is 2.82. The molecule has 1 N–H and O–H groups in total. The lowest BCUT2D eigenvalue weighted by atomic mass is 10.1. The van der Waals surface area contributed by atoms with Crippen molar-refractivity contribution >= 4 is 5.69 Å². The molecule has 1 fully saturated rings. The molecule has 0 bridgehead atoms.